The van der Waals surface area contributed by atoms with Crippen LogP contribution in [0.1, 0.15) is 16.7 Å². The second-order valence-electron chi connectivity index (χ2n) is 8.70. The molecule has 9 nitrogen and oxygen atoms in total. The Morgan fingerprint density at radius 2 is 1.71 bits per heavy atom. The zero-order chi connectivity index (χ0) is 24.5. The molecule has 0 radical (unpaired) electrons. The minimum Gasteiger partial charge on any atom is -0.340 e. The highest BCUT2D eigenvalue weighted by Crippen LogP contribution is 2.17. The zero-order valence-electron chi connectivity index (χ0n) is 19.8. The maximum absolute atomic E-state index is 13.1. The summed E-state index contributed by atoms with van der Waals surface area (Å²) in [5.74, 6) is -0.206. The van der Waals surface area contributed by atoms with Crippen molar-refractivity contribution < 1.29 is 4.79 Å². The van der Waals surface area contributed by atoms with Crippen LogP contribution in [-0.4, -0.2) is 47.0 Å². The lowest BCUT2D eigenvalue weighted by Gasteiger charge is -2.16. The minimum atomic E-state index is -0.302. The smallest absolute Gasteiger partial charge is 0.264 e. The van der Waals surface area contributed by atoms with Gasteiger partial charge in [0.15, 0.2) is 5.65 Å². The van der Waals surface area contributed by atoms with Crippen molar-refractivity contribution in [1.82, 2.24) is 34.0 Å². The Hall–Kier alpha value is -4.53. The van der Waals surface area contributed by atoms with Crippen molar-refractivity contribution in [2.24, 2.45) is 0 Å². The van der Waals surface area contributed by atoms with Crippen molar-refractivity contribution in [2.45, 2.75) is 26.9 Å². The van der Waals surface area contributed by atoms with Crippen LogP contribution in [0.25, 0.3) is 22.4 Å². The lowest BCUT2D eigenvalue weighted by molar-refractivity contribution is -0.131. The summed E-state index contributed by atoms with van der Waals surface area (Å²) < 4.78 is 4.74. The summed E-state index contributed by atoms with van der Waals surface area (Å²) in [6.45, 7) is 4.29. The third kappa shape index (κ3) is 4.48. The molecule has 0 aliphatic heterocycles. The van der Waals surface area contributed by atoms with Gasteiger partial charge in [0.1, 0.15) is 18.3 Å². The van der Waals surface area contributed by atoms with E-state index in [4.69, 9.17) is 0 Å². The van der Waals surface area contributed by atoms with Gasteiger partial charge in [-0.15, -0.1) is 0 Å². The van der Waals surface area contributed by atoms with Gasteiger partial charge < -0.3 is 4.90 Å². The first-order valence-electron chi connectivity index (χ1n) is 11.2. The van der Waals surface area contributed by atoms with E-state index in [0.717, 1.165) is 28.1 Å². The molecule has 0 aliphatic carbocycles. The molecule has 0 fully saturated rings. The van der Waals surface area contributed by atoms with Gasteiger partial charge >= 0.3 is 0 Å². The summed E-state index contributed by atoms with van der Waals surface area (Å²) in [6, 6.07) is 15.8. The zero-order valence-corrected chi connectivity index (χ0v) is 19.8. The number of rotatable bonds is 6. The number of para-hydroxylation sites is 1. The third-order valence-corrected chi connectivity index (χ3v) is 5.81. The molecule has 5 aromatic rings. The number of carbonyl (C=O) groups is 1. The summed E-state index contributed by atoms with van der Waals surface area (Å²) in [7, 11) is 1.71. The number of nitrogens with zero attached hydrogens (tertiary/aromatic N) is 7. The number of hydrogen-bond acceptors (Lipinski definition) is 5. The Morgan fingerprint density at radius 1 is 0.971 bits per heavy atom. The van der Waals surface area contributed by atoms with Crippen LogP contribution in [0.2, 0.25) is 0 Å². The number of hydrogen-bond donors (Lipinski definition) is 0. The molecule has 35 heavy (non-hydrogen) atoms. The van der Waals surface area contributed by atoms with Crippen LogP contribution < -0.4 is 5.56 Å². The topological polar surface area (TPSA) is 90.8 Å². The monoisotopic (exact) mass is 467 g/mol. The highest BCUT2D eigenvalue weighted by molar-refractivity contribution is 5.78. The van der Waals surface area contributed by atoms with Gasteiger partial charge in [0.25, 0.3) is 5.56 Å². The van der Waals surface area contributed by atoms with Crippen molar-refractivity contribution in [3.63, 3.8) is 0 Å². The van der Waals surface area contributed by atoms with E-state index in [1.165, 1.54) is 17.1 Å². The van der Waals surface area contributed by atoms with E-state index in [-0.39, 0.29) is 18.0 Å². The lowest BCUT2D eigenvalue weighted by atomic mass is 10.1. The molecule has 0 unspecified atom stereocenters. The largest absolute Gasteiger partial charge is 0.340 e. The standard InChI is InChI=1S/C26H25N7O2/c1-18-9-19(2)11-22(10-18)33-25-23(13-29-33)26(35)31(17-27-25)16-24(34)30(3)14-20-12-28-32(15-20)21-7-5-4-6-8-21/h4-13,15,17H,14,16H2,1-3H3. The number of benzene rings is 2. The van der Waals surface area contributed by atoms with E-state index in [1.807, 2.05) is 62.5 Å². The Labute approximate surface area is 201 Å². The van der Waals surface area contributed by atoms with Crippen molar-refractivity contribution in [1.29, 1.82) is 0 Å². The van der Waals surface area contributed by atoms with Gasteiger partial charge in [-0.1, -0.05) is 24.3 Å². The van der Waals surface area contributed by atoms with Crippen LogP contribution in [0.5, 0.6) is 0 Å². The van der Waals surface area contributed by atoms with Gasteiger partial charge in [0, 0.05) is 25.4 Å². The predicted octanol–water partition coefficient (Wildman–Crippen LogP) is 3.04. The number of fused-ring (bicyclic) bond motifs is 1. The van der Waals surface area contributed by atoms with E-state index in [2.05, 4.69) is 21.2 Å². The fraction of sp³-hybridized carbons (Fsp3) is 0.192. The van der Waals surface area contributed by atoms with Crippen molar-refractivity contribution in [3.05, 3.63) is 100 Å². The van der Waals surface area contributed by atoms with E-state index in [9.17, 15) is 9.59 Å². The average molecular weight is 468 g/mol. The molecule has 2 aromatic carbocycles. The molecule has 3 aromatic heterocycles. The molecule has 176 valence electrons. The maximum Gasteiger partial charge on any atom is 0.264 e. The molecule has 0 aliphatic rings. The van der Waals surface area contributed by atoms with Crippen molar-refractivity contribution >= 4 is 16.9 Å². The quantitative estimate of drug-likeness (QED) is 0.383. The van der Waals surface area contributed by atoms with Crippen molar-refractivity contribution in [3.8, 4) is 11.4 Å². The molecular weight excluding hydrogens is 442 g/mol. The second kappa shape index (κ2) is 9.02. The van der Waals surface area contributed by atoms with Gasteiger partial charge in [0.2, 0.25) is 5.91 Å². The first kappa shape index (κ1) is 22.3. The summed E-state index contributed by atoms with van der Waals surface area (Å²) in [4.78, 5) is 32.0. The predicted molar refractivity (Wildman–Crippen MR) is 133 cm³/mol. The summed E-state index contributed by atoms with van der Waals surface area (Å²) in [5, 5.41) is 9.12. The molecule has 0 saturated carbocycles. The van der Waals surface area contributed by atoms with E-state index >= 15 is 0 Å². The normalized spacial score (nSPS) is 11.2. The molecule has 0 bridgehead atoms. The Kier molecular flexibility index (Phi) is 5.74. The molecule has 0 atom stereocenters. The van der Waals surface area contributed by atoms with Gasteiger partial charge in [-0.3, -0.25) is 14.2 Å². The Bertz CT molecular complexity index is 1560. The van der Waals surface area contributed by atoms with E-state index < -0.39 is 0 Å². The van der Waals surface area contributed by atoms with Crippen molar-refractivity contribution in [2.75, 3.05) is 7.05 Å². The number of likely N-dealkylation sites (N-methyl/N-ethyl adjacent to an activating group) is 1. The summed E-state index contributed by atoms with van der Waals surface area (Å²) in [6.07, 6.45) is 6.54. The fourth-order valence-corrected chi connectivity index (χ4v) is 4.12. The van der Waals surface area contributed by atoms with Crippen LogP contribution >= 0.6 is 0 Å². The first-order chi connectivity index (χ1) is 16.9. The molecular formula is C26H25N7O2. The fourth-order valence-electron chi connectivity index (χ4n) is 4.12. The second-order valence-corrected chi connectivity index (χ2v) is 8.70. The third-order valence-electron chi connectivity index (χ3n) is 5.81. The number of amides is 1. The maximum atomic E-state index is 13.1. The molecule has 9 heteroatoms. The first-order valence-corrected chi connectivity index (χ1v) is 11.2. The number of aromatic nitrogens is 6. The summed E-state index contributed by atoms with van der Waals surface area (Å²) >= 11 is 0. The van der Waals surface area contributed by atoms with Gasteiger partial charge in [-0.05, 0) is 49.2 Å². The minimum absolute atomic E-state index is 0.111. The lowest BCUT2D eigenvalue weighted by Crippen LogP contribution is -2.33. The van der Waals surface area contributed by atoms with Crippen LogP contribution in [-0.2, 0) is 17.9 Å². The molecule has 0 spiro atoms. The van der Waals surface area contributed by atoms with Crippen LogP contribution in [0.3, 0.4) is 0 Å². The van der Waals surface area contributed by atoms with Gasteiger partial charge in [-0.25, -0.2) is 14.3 Å². The van der Waals surface area contributed by atoms with E-state index in [0.29, 0.717) is 17.6 Å². The molecule has 5 rings (SSSR count). The Balaban J connectivity index is 1.33. The highest BCUT2D eigenvalue weighted by atomic mass is 16.2. The van der Waals surface area contributed by atoms with Crippen LogP contribution in [0, 0.1) is 13.8 Å². The van der Waals surface area contributed by atoms with Crippen LogP contribution in [0.4, 0.5) is 0 Å². The number of aryl methyl sites for hydroxylation is 2. The van der Waals surface area contributed by atoms with Gasteiger partial charge in [-0.2, -0.15) is 10.2 Å². The summed E-state index contributed by atoms with van der Waals surface area (Å²) in [5.41, 5.74) is 5.03. The van der Waals surface area contributed by atoms with E-state index in [1.54, 1.807) is 27.5 Å². The SMILES string of the molecule is Cc1cc(C)cc(-n2ncc3c(=O)n(CC(=O)N(C)Cc4cnn(-c5ccccc5)c4)cnc32)c1. The highest BCUT2D eigenvalue weighted by Gasteiger charge is 2.16. The number of carbonyl (C=O) groups excluding carboxylic acids is 1. The molecule has 1 amide bonds. The van der Waals surface area contributed by atoms with Gasteiger partial charge in [0.05, 0.1) is 23.8 Å². The average Bonchev–Trinajstić information content (AvgIpc) is 3.48. The molecule has 3 heterocycles. The Morgan fingerprint density at radius 3 is 2.46 bits per heavy atom. The molecule has 0 saturated heterocycles. The molecule has 0 N–H and O–H groups in total. The van der Waals surface area contributed by atoms with Crippen LogP contribution in [0.15, 0.2) is 78.2 Å².